The Morgan fingerprint density at radius 1 is 1.64 bits per heavy atom. The topological polar surface area (TPSA) is 81.0 Å². The maximum absolute atomic E-state index is 13.0. The first-order chi connectivity index (χ1) is 6.56. The zero-order chi connectivity index (χ0) is 10.7. The van der Waals surface area contributed by atoms with E-state index in [-0.39, 0.29) is 19.5 Å². The Morgan fingerprint density at radius 3 is 2.79 bits per heavy atom. The van der Waals surface area contributed by atoms with Crippen LogP contribution in [0, 0.1) is 0 Å². The number of aliphatic hydroxyl groups is 3. The van der Waals surface area contributed by atoms with Gasteiger partial charge in [-0.05, 0) is 6.42 Å². The molecule has 3 atom stereocenters. The Bertz CT molecular complexity index is 214. The number of rotatable bonds is 2. The first-order valence-electron chi connectivity index (χ1n) is 4.46. The second-order valence-corrected chi connectivity index (χ2v) is 3.35. The fourth-order valence-electron chi connectivity index (χ4n) is 1.38. The molecule has 1 aliphatic heterocycles. The summed E-state index contributed by atoms with van der Waals surface area (Å²) in [6.07, 6.45) is -3.84. The lowest BCUT2D eigenvalue weighted by atomic mass is 10.1. The molecule has 14 heavy (non-hydrogen) atoms. The van der Waals surface area contributed by atoms with E-state index >= 15 is 0 Å². The van der Waals surface area contributed by atoms with Crippen molar-refractivity contribution in [3.8, 4) is 0 Å². The SMILES string of the molecule is O=C([C@@H](O)CO)N1CC[C@H](O)[C@H](F)C1. The number of carbonyl (C=O) groups is 1. The minimum absolute atomic E-state index is 0.158. The lowest BCUT2D eigenvalue weighted by molar-refractivity contribution is -0.146. The molecule has 1 amide bonds. The van der Waals surface area contributed by atoms with Gasteiger partial charge in [-0.15, -0.1) is 0 Å². The molecule has 0 aliphatic carbocycles. The summed E-state index contributed by atoms with van der Waals surface area (Å²) in [5, 5.41) is 26.6. The summed E-state index contributed by atoms with van der Waals surface area (Å²) < 4.78 is 13.0. The highest BCUT2D eigenvalue weighted by molar-refractivity contribution is 5.80. The minimum atomic E-state index is -1.49. The average Bonchev–Trinajstić information content (AvgIpc) is 2.20. The number of halogens is 1. The molecule has 0 unspecified atom stereocenters. The van der Waals surface area contributed by atoms with E-state index in [2.05, 4.69) is 0 Å². The number of likely N-dealkylation sites (tertiary alicyclic amines) is 1. The fourth-order valence-corrected chi connectivity index (χ4v) is 1.38. The lowest BCUT2D eigenvalue weighted by Gasteiger charge is -2.33. The molecule has 0 saturated carbocycles. The molecule has 1 aliphatic rings. The Kier molecular flexibility index (Phi) is 3.79. The van der Waals surface area contributed by atoms with E-state index in [0.29, 0.717) is 0 Å². The van der Waals surface area contributed by atoms with Gasteiger partial charge in [-0.25, -0.2) is 4.39 Å². The fraction of sp³-hybridized carbons (Fsp3) is 0.875. The van der Waals surface area contributed by atoms with Crippen LogP contribution in [0.4, 0.5) is 4.39 Å². The van der Waals surface area contributed by atoms with Crippen LogP contribution in [0.1, 0.15) is 6.42 Å². The highest BCUT2D eigenvalue weighted by Crippen LogP contribution is 2.14. The molecule has 0 radical (unpaired) electrons. The number of amides is 1. The molecule has 1 rings (SSSR count). The summed E-state index contributed by atoms with van der Waals surface area (Å²) in [7, 11) is 0. The Balaban J connectivity index is 2.50. The van der Waals surface area contributed by atoms with Crippen LogP contribution >= 0.6 is 0 Å². The quantitative estimate of drug-likeness (QED) is 0.502. The van der Waals surface area contributed by atoms with E-state index in [1.165, 1.54) is 0 Å². The Morgan fingerprint density at radius 2 is 2.29 bits per heavy atom. The summed E-state index contributed by atoms with van der Waals surface area (Å²) in [4.78, 5) is 12.4. The van der Waals surface area contributed by atoms with Gasteiger partial charge in [-0.3, -0.25) is 4.79 Å². The van der Waals surface area contributed by atoms with Gasteiger partial charge in [0.2, 0.25) is 0 Å². The standard InChI is InChI=1S/C8H14FNO4/c9-5-3-10(2-1-6(5)12)8(14)7(13)4-11/h5-7,11-13H,1-4H2/t5-,6+,7+/m1/s1. The molecule has 5 nitrogen and oxygen atoms in total. The van der Waals surface area contributed by atoms with E-state index in [0.717, 1.165) is 4.90 Å². The monoisotopic (exact) mass is 207 g/mol. The summed E-state index contributed by atoms with van der Waals surface area (Å²) in [5.74, 6) is -0.693. The first kappa shape index (κ1) is 11.4. The largest absolute Gasteiger partial charge is 0.393 e. The van der Waals surface area contributed by atoms with Crippen molar-refractivity contribution >= 4 is 5.91 Å². The highest BCUT2D eigenvalue weighted by Gasteiger charge is 2.32. The third kappa shape index (κ3) is 2.40. The summed E-state index contributed by atoms with van der Waals surface area (Å²) >= 11 is 0. The van der Waals surface area contributed by atoms with Crippen LogP contribution in [0.2, 0.25) is 0 Å². The van der Waals surface area contributed by atoms with Gasteiger partial charge in [0.05, 0.1) is 19.3 Å². The first-order valence-corrected chi connectivity index (χ1v) is 4.46. The van der Waals surface area contributed by atoms with Crippen molar-refractivity contribution < 1.29 is 24.5 Å². The van der Waals surface area contributed by atoms with Crippen molar-refractivity contribution in [3.05, 3.63) is 0 Å². The van der Waals surface area contributed by atoms with Gasteiger partial charge in [-0.1, -0.05) is 0 Å². The molecule has 1 saturated heterocycles. The molecule has 82 valence electrons. The van der Waals surface area contributed by atoms with Crippen LogP contribution in [0.15, 0.2) is 0 Å². The molecule has 6 heteroatoms. The van der Waals surface area contributed by atoms with Crippen LogP contribution in [0.25, 0.3) is 0 Å². The molecule has 3 N–H and O–H groups in total. The lowest BCUT2D eigenvalue weighted by Crippen LogP contribution is -2.50. The smallest absolute Gasteiger partial charge is 0.253 e. The Labute approximate surface area is 80.8 Å². The second-order valence-electron chi connectivity index (χ2n) is 3.35. The number of aliphatic hydroxyl groups excluding tert-OH is 3. The molecule has 0 bridgehead atoms. The second kappa shape index (κ2) is 4.68. The van der Waals surface area contributed by atoms with Crippen molar-refractivity contribution in [1.29, 1.82) is 0 Å². The van der Waals surface area contributed by atoms with E-state index in [9.17, 15) is 9.18 Å². The zero-order valence-corrected chi connectivity index (χ0v) is 7.64. The number of nitrogens with zero attached hydrogens (tertiary/aromatic N) is 1. The van der Waals surface area contributed by atoms with Gasteiger partial charge < -0.3 is 20.2 Å². The Hall–Kier alpha value is -0.720. The summed E-state index contributed by atoms with van der Waals surface area (Å²) in [6.45, 7) is -0.691. The summed E-state index contributed by atoms with van der Waals surface area (Å²) in [6, 6.07) is 0. The zero-order valence-electron chi connectivity index (χ0n) is 7.64. The van der Waals surface area contributed by atoms with Crippen molar-refractivity contribution in [2.45, 2.75) is 24.8 Å². The van der Waals surface area contributed by atoms with Gasteiger partial charge in [0.15, 0.2) is 6.10 Å². The number of carbonyl (C=O) groups excluding carboxylic acids is 1. The van der Waals surface area contributed by atoms with E-state index < -0.39 is 30.9 Å². The third-order valence-corrected chi connectivity index (χ3v) is 2.28. The van der Waals surface area contributed by atoms with Crippen molar-refractivity contribution in [3.63, 3.8) is 0 Å². The molecule has 0 aromatic carbocycles. The van der Waals surface area contributed by atoms with Crippen LogP contribution in [0.3, 0.4) is 0 Å². The van der Waals surface area contributed by atoms with E-state index in [1.54, 1.807) is 0 Å². The van der Waals surface area contributed by atoms with Gasteiger partial charge in [0, 0.05) is 6.54 Å². The maximum Gasteiger partial charge on any atom is 0.253 e. The van der Waals surface area contributed by atoms with Crippen molar-refractivity contribution in [2.24, 2.45) is 0 Å². The molecule has 0 aromatic rings. The molecular weight excluding hydrogens is 193 g/mol. The minimum Gasteiger partial charge on any atom is -0.393 e. The van der Waals surface area contributed by atoms with Gasteiger partial charge in [0.25, 0.3) is 5.91 Å². The maximum atomic E-state index is 13.0. The average molecular weight is 207 g/mol. The molecule has 1 fully saturated rings. The van der Waals surface area contributed by atoms with Crippen molar-refractivity contribution in [2.75, 3.05) is 19.7 Å². The van der Waals surface area contributed by atoms with E-state index in [1.807, 2.05) is 0 Å². The van der Waals surface area contributed by atoms with Gasteiger partial charge in [0.1, 0.15) is 6.17 Å². The molecule has 0 aromatic heterocycles. The van der Waals surface area contributed by atoms with E-state index in [4.69, 9.17) is 15.3 Å². The van der Waals surface area contributed by atoms with Crippen LogP contribution in [-0.2, 0) is 4.79 Å². The number of hydrogen-bond acceptors (Lipinski definition) is 4. The highest BCUT2D eigenvalue weighted by atomic mass is 19.1. The van der Waals surface area contributed by atoms with Gasteiger partial charge >= 0.3 is 0 Å². The van der Waals surface area contributed by atoms with Crippen LogP contribution in [0.5, 0.6) is 0 Å². The van der Waals surface area contributed by atoms with Crippen LogP contribution in [-0.4, -0.2) is 64.2 Å². The number of alkyl halides is 1. The molecule has 0 spiro atoms. The third-order valence-electron chi connectivity index (χ3n) is 2.28. The number of hydrogen-bond donors (Lipinski definition) is 3. The normalized spacial score (nSPS) is 30.1. The summed E-state index contributed by atoms with van der Waals surface area (Å²) in [5.41, 5.74) is 0. The molecule has 1 heterocycles. The van der Waals surface area contributed by atoms with Gasteiger partial charge in [-0.2, -0.15) is 0 Å². The predicted molar refractivity (Wildman–Crippen MR) is 45.2 cm³/mol. The predicted octanol–water partition coefficient (Wildman–Crippen LogP) is -1.73. The van der Waals surface area contributed by atoms with Crippen LogP contribution < -0.4 is 0 Å². The molecular formula is C8H14FNO4. The number of piperidine rings is 1. The van der Waals surface area contributed by atoms with Crippen molar-refractivity contribution in [1.82, 2.24) is 4.90 Å².